The summed E-state index contributed by atoms with van der Waals surface area (Å²) < 4.78 is 15.0. The van der Waals surface area contributed by atoms with Gasteiger partial charge in [-0.3, -0.25) is 0 Å². The third-order valence-electron chi connectivity index (χ3n) is 2.80. The van der Waals surface area contributed by atoms with Crippen LogP contribution in [0, 0.1) is 0 Å². The molecule has 22 heavy (non-hydrogen) atoms. The molecule has 0 amide bonds. The number of carbonyl (C=O) groups excluding carboxylic acids is 2. The van der Waals surface area contributed by atoms with Gasteiger partial charge in [0, 0.05) is 10.9 Å². The van der Waals surface area contributed by atoms with E-state index in [1.807, 2.05) is 0 Å². The summed E-state index contributed by atoms with van der Waals surface area (Å²) in [5.41, 5.74) is 1.76. The van der Waals surface area contributed by atoms with E-state index in [2.05, 4.69) is 25.7 Å². The van der Waals surface area contributed by atoms with Gasteiger partial charge in [-0.05, 0) is 25.1 Å². The molecule has 0 bridgehead atoms. The Balaban J connectivity index is 2.41. The number of ether oxygens (including phenoxy) is 2. The number of hydrogen-bond donors (Lipinski definition) is 0. The second-order valence-electron chi connectivity index (χ2n) is 4.28. The van der Waals surface area contributed by atoms with Gasteiger partial charge in [0.1, 0.15) is 17.7 Å². The second-order valence-corrected chi connectivity index (χ2v) is 4.84. The van der Waals surface area contributed by atoms with E-state index in [9.17, 15) is 9.59 Å². The number of furan rings is 1. The van der Waals surface area contributed by atoms with Crippen molar-refractivity contribution >= 4 is 27.9 Å². The zero-order chi connectivity index (χ0) is 16.1. The molecule has 2 aromatic rings. The summed E-state index contributed by atoms with van der Waals surface area (Å²) in [6, 6.07) is 4.87. The van der Waals surface area contributed by atoms with E-state index in [1.165, 1.54) is 13.4 Å². The Labute approximate surface area is 135 Å². The van der Waals surface area contributed by atoms with E-state index in [-0.39, 0.29) is 12.3 Å². The van der Waals surface area contributed by atoms with Crippen molar-refractivity contribution in [1.29, 1.82) is 0 Å². The molecule has 0 fully saturated rings. The fourth-order valence-electron chi connectivity index (χ4n) is 1.82. The lowest BCUT2D eigenvalue weighted by molar-refractivity contribution is 0.0518. The molecule has 0 atom stereocenters. The maximum absolute atomic E-state index is 11.9. The van der Waals surface area contributed by atoms with Crippen molar-refractivity contribution in [3.63, 3.8) is 0 Å². The number of methoxy groups -OCH3 is 1. The predicted molar refractivity (Wildman–Crippen MR) is 81.9 cm³/mol. The Hall–Kier alpha value is -2.15. The number of hydrogen-bond acceptors (Lipinski definition) is 6. The fraction of sp³-hybridized carbons (Fsp3) is 0.267. The Morgan fingerprint density at radius 2 is 2.05 bits per heavy atom. The number of esters is 2. The van der Waals surface area contributed by atoms with Gasteiger partial charge < -0.3 is 13.9 Å². The van der Waals surface area contributed by atoms with Gasteiger partial charge in [-0.25, -0.2) is 14.6 Å². The summed E-state index contributed by atoms with van der Waals surface area (Å²) in [5.74, 6) is -0.558. The molecule has 0 unspecified atom stereocenters. The average molecular weight is 368 g/mol. The lowest BCUT2D eigenvalue weighted by Crippen LogP contribution is -2.08. The first-order valence-corrected chi connectivity index (χ1v) is 7.62. The molecular formula is C15H14BrNO5. The Kier molecular flexibility index (Phi) is 5.32. The highest BCUT2D eigenvalue weighted by atomic mass is 79.9. The van der Waals surface area contributed by atoms with Gasteiger partial charge in [0.05, 0.1) is 25.0 Å². The van der Waals surface area contributed by atoms with Gasteiger partial charge in [-0.1, -0.05) is 15.9 Å². The Morgan fingerprint density at radius 1 is 1.27 bits per heavy atom. The SMILES string of the molecule is CCOC(=O)c1cc(-c2cc(C(=O)OC)co2)cc(CBr)n1. The highest BCUT2D eigenvalue weighted by Gasteiger charge is 2.16. The molecule has 116 valence electrons. The van der Waals surface area contributed by atoms with Gasteiger partial charge in [0.15, 0.2) is 0 Å². The molecule has 0 aliphatic carbocycles. The average Bonchev–Trinajstić information content (AvgIpc) is 3.03. The van der Waals surface area contributed by atoms with E-state index >= 15 is 0 Å². The summed E-state index contributed by atoms with van der Waals surface area (Å²) >= 11 is 3.31. The quantitative estimate of drug-likeness (QED) is 0.596. The molecule has 0 aliphatic rings. The monoisotopic (exact) mass is 367 g/mol. The van der Waals surface area contributed by atoms with Gasteiger partial charge in [-0.15, -0.1) is 0 Å². The van der Waals surface area contributed by atoms with Crippen molar-refractivity contribution in [3.8, 4) is 11.3 Å². The van der Waals surface area contributed by atoms with Crippen molar-refractivity contribution in [3.05, 3.63) is 41.4 Å². The van der Waals surface area contributed by atoms with Crippen LogP contribution in [0.4, 0.5) is 0 Å². The molecule has 0 saturated carbocycles. The van der Waals surface area contributed by atoms with Crippen molar-refractivity contribution < 1.29 is 23.5 Å². The number of aromatic nitrogens is 1. The lowest BCUT2D eigenvalue weighted by atomic mass is 10.1. The standard InChI is InChI=1S/C15H14BrNO5/c1-3-21-15(19)12-5-9(4-11(7-16)17-12)13-6-10(8-22-13)14(18)20-2/h4-6,8H,3,7H2,1-2H3. The van der Waals surface area contributed by atoms with Crippen LogP contribution in [0.2, 0.25) is 0 Å². The van der Waals surface area contributed by atoms with Crippen LogP contribution in [0.1, 0.15) is 33.5 Å². The first-order valence-electron chi connectivity index (χ1n) is 6.50. The van der Waals surface area contributed by atoms with Crippen LogP contribution >= 0.6 is 15.9 Å². The van der Waals surface area contributed by atoms with Crippen LogP contribution in [-0.2, 0) is 14.8 Å². The highest BCUT2D eigenvalue weighted by molar-refractivity contribution is 9.08. The second kappa shape index (κ2) is 7.22. The smallest absolute Gasteiger partial charge is 0.356 e. The number of nitrogens with zero attached hydrogens (tertiary/aromatic N) is 1. The van der Waals surface area contributed by atoms with Crippen LogP contribution in [0.5, 0.6) is 0 Å². The summed E-state index contributed by atoms with van der Waals surface area (Å²) in [5, 5.41) is 0.470. The molecule has 0 spiro atoms. The van der Waals surface area contributed by atoms with Gasteiger partial charge in [-0.2, -0.15) is 0 Å². The lowest BCUT2D eigenvalue weighted by Gasteiger charge is -2.05. The molecule has 2 aromatic heterocycles. The normalized spacial score (nSPS) is 10.3. The van der Waals surface area contributed by atoms with Gasteiger partial charge >= 0.3 is 11.9 Å². The van der Waals surface area contributed by atoms with Crippen molar-refractivity contribution in [2.45, 2.75) is 12.3 Å². The molecule has 2 heterocycles. The zero-order valence-electron chi connectivity index (χ0n) is 12.1. The van der Waals surface area contributed by atoms with E-state index < -0.39 is 11.9 Å². The first-order chi connectivity index (χ1) is 10.6. The topological polar surface area (TPSA) is 78.6 Å². The molecule has 0 saturated heterocycles. The number of pyridine rings is 1. The minimum absolute atomic E-state index is 0.185. The summed E-state index contributed by atoms with van der Waals surface area (Å²) in [6.45, 7) is 1.99. The number of rotatable bonds is 5. The first kappa shape index (κ1) is 16.2. The van der Waals surface area contributed by atoms with E-state index in [0.717, 1.165) is 0 Å². The maximum atomic E-state index is 11.9. The molecule has 2 rings (SSSR count). The van der Waals surface area contributed by atoms with E-state index in [4.69, 9.17) is 9.15 Å². The molecule has 7 heteroatoms. The van der Waals surface area contributed by atoms with Crippen LogP contribution < -0.4 is 0 Å². The molecule has 0 N–H and O–H groups in total. The highest BCUT2D eigenvalue weighted by Crippen LogP contribution is 2.25. The number of halogens is 1. The van der Waals surface area contributed by atoms with E-state index in [0.29, 0.717) is 27.9 Å². The largest absolute Gasteiger partial charge is 0.465 e. The number of alkyl halides is 1. The molecule has 0 aromatic carbocycles. The summed E-state index contributed by atoms with van der Waals surface area (Å²) in [4.78, 5) is 27.5. The molecule has 6 nitrogen and oxygen atoms in total. The van der Waals surface area contributed by atoms with Gasteiger partial charge in [0.25, 0.3) is 0 Å². The van der Waals surface area contributed by atoms with Crippen LogP contribution in [0.3, 0.4) is 0 Å². The third-order valence-corrected chi connectivity index (χ3v) is 3.38. The Bertz CT molecular complexity index is 695. The Morgan fingerprint density at radius 3 is 2.68 bits per heavy atom. The molecule has 0 radical (unpaired) electrons. The van der Waals surface area contributed by atoms with Crippen LogP contribution in [0.15, 0.2) is 28.9 Å². The molecule has 0 aliphatic heterocycles. The zero-order valence-corrected chi connectivity index (χ0v) is 13.7. The van der Waals surface area contributed by atoms with Crippen molar-refractivity contribution in [1.82, 2.24) is 4.98 Å². The predicted octanol–water partition coefficient (Wildman–Crippen LogP) is 3.20. The fourth-order valence-corrected chi connectivity index (χ4v) is 2.11. The summed E-state index contributed by atoms with van der Waals surface area (Å²) in [6.07, 6.45) is 1.30. The van der Waals surface area contributed by atoms with Crippen molar-refractivity contribution in [2.24, 2.45) is 0 Å². The third kappa shape index (κ3) is 3.54. The molecular weight excluding hydrogens is 354 g/mol. The van der Waals surface area contributed by atoms with Crippen LogP contribution in [0.25, 0.3) is 11.3 Å². The summed E-state index contributed by atoms with van der Waals surface area (Å²) in [7, 11) is 1.29. The van der Waals surface area contributed by atoms with Gasteiger partial charge in [0.2, 0.25) is 0 Å². The van der Waals surface area contributed by atoms with Crippen LogP contribution in [-0.4, -0.2) is 30.6 Å². The van der Waals surface area contributed by atoms with Crippen molar-refractivity contribution in [2.75, 3.05) is 13.7 Å². The minimum atomic E-state index is -0.508. The van der Waals surface area contributed by atoms with E-state index in [1.54, 1.807) is 25.1 Å². The maximum Gasteiger partial charge on any atom is 0.356 e. The number of carbonyl (C=O) groups is 2. The minimum Gasteiger partial charge on any atom is -0.465 e.